The van der Waals surface area contributed by atoms with Crippen molar-refractivity contribution in [1.82, 2.24) is 0 Å². The molecule has 0 saturated heterocycles. The van der Waals surface area contributed by atoms with Crippen LogP contribution < -0.4 is 9.47 Å². The number of hydrogen-bond acceptors (Lipinski definition) is 5. The molecule has 0 aliphatic heterocycles. The van der Waals surface area contributed by atoms with Gasteiger partial charge in [-0.25, -0.2) is 0 Å². The second-order valence-electron chi connectivity index (χ2n) is 6.48. The maximum absolute atomic E-state index is 11.9. The van der Waals surface area contributed by atoms with Crippen molar-refractivity contribution in [2.45, 2.75) is 19.8 Å². The zero-order valence-corrected chi connectivity index (χ0v) is 16.8. The van der Waals surface area contributed by atoms with E-state index in [9.17, 15) is 10.1 Å². The smallest absolute Gasteiger partial charge is 0.306 e. The Bertz CT molecular complexity index is 1080. The fourth-order valence-corrected chi connectivity index (χ4v) is 3.50. The number of rotatable bonds is 7. The number of esters is 1. The highest BCUT2D eigenvalue weighted by atomic mass is 16.5. The first-order valence-electron chi connectivity index (χ1n) is 9.45. The molecule has 148 valence electrons. The predicted octanol–water partition coefficient (Wildman–Crippen LogP) is 4.89. The predicted molar refractivity (Wildman–Crippen MR) is 112 cm³/mol. The summed E-state index contributed by atoms with van der Waals surface area (Å²) in [6.07, 6.45) is 0.643. The fraction of sp³-hybridized carbons (Fsp3) is 0.250. The summed E-state index contributed by atoms with van der Waals surface area (Å²) in [6, 6.07) is 17.7. The molecule has 0 bridgehead atoms. The third-order valence-electron chi connectivity index (χ3n) is 4.85. The molecule has 0 atom stereocenters. The van der Waals surface area contributed by atoms with Crippen molar-refractivity contribution in [3.63, 3.8) is 0 Å². The summed E-state index contributed by atoms with van der Waals surface area (Å²) in [4.78, 5) is 11.9. The lowest BCUT2D eigenvalue weighted by atomic mass is 9.88. The molecular weight excluding hydrogens is 366 g/mol. The molecule has 0 fully saturated rings. The van der Waals surface area contributed by atoms with Gasteiger partial charge in [-0.1, -0.05) is 24.3 Å². The summed E-state index contributed by atoms with van der Waals surface area (Å²) >= 11 is 0. The average molecular weight is 389 g/mol. The first-order chi connectivity index (χ1) is 14.1. The Morgan fingerprint density at radius 3 is 2.52 bits per heavy atom. The number of fused-ring (bicyclic) bond motifs is 1. The highest BCUT2D eigenvalue weighted by Crippen LogP contribution is 2.39. The largest absolute Gasteiger partial charge is 0.497 e. The molecule has 0 aliphatic carbocycles. The quantitative estimate of drug-likeness (QED) is 0.538. The van der Waals surface area contributed by atoms with Crippen molar-refractivity contribution in [2.75, 3.05) is 20.8 Å². The molecule has 0 aromatic heterocycles. The number of nitrogens with zero attached hydrogens (tertiary/aromatic N) is 1. The minimum Gasteiger partial charge on any atom is -0.497 e. The Morgan fingerprint density at radius 1 is 1.03 bits per heavy atom. The van der Waals surface area contributed by atoms with Crippen molar-refractivity contribution in [3.05, 3.63) is 59.7 Å². The number of ether oxygens (including phenoxy) is 3. The number of nitriles is 1. The van der Waals surface area contributed by atoms with Crippen LogP contribution in [0.3, 0.4) is 0 Å². The van der Waals surface area contributed by atoms with Gasteiger partial charge in [-0.05, 0) is 47.9 Å². The van der Waals surface area contributed by atoms with Gasteiger partial charge >= 0.3 is 5.97 Å². The maximum Gasteiger partial charge on any atom is 0.306 e. The second kappa shape index (κ2) is 9.11. The molecule has 3 aromatic carbocycles. The molecule has 0 spiro atoms. The van der Waals surface area contributed by atoms with E-state index in [0.29, 0.717) is 30.1 Å². The van der Waals surface area contributed by atoms with Crippen molar-refractivity contribution >= 4 is 16.7 Å². The van der Waals surface area contributed by atoms with Gasteiger partial charge in [-0.15, -0.1) is 0 Å². The lowest BCUT2D eigenvalue weighted by molar-refractivity contribution is -0.143. The van der Waals surface area contributed by atoms with Crippen LogP contribution in [0.4, 0.5) is 0 Å². The van der Waals surface area contributed by atoms with Gasteiger partial charge in [0.2, 0.25) is 0 Å². The van der Waals surface area contributed by atoms with Gasteiger partial charge in [0.25, 0.3) is 0 Å². The van der Waals surface area contributed by atoms with Gasteiger partial charge in [0.1, 0.15) is 17.6 Å². The molecule has 0 amide bonds. The summed E-state index contributed by atoms with van der Waals surface area (Å²) in [6.45, 7) is 2.12. The number of aryl methyl sites for hydroxylation is 1. The number of carbonyl (C=O) groups excluding carboxylic acids is 1. The highest BCUT2D eigenvalue weighted by Gasteiger charge is 2.18. The summed E-state index contributed by atoms with van der Waals surface area (Å²) in [5.74, 6) is 1.02. The highest BCUT2D eigenvalue weighted by molar-refractivity contribution is 5.95. The van der Waals surface area contributed by atoms with Gasteiger partial charge in [0.15, 0.2) is 0 Å². The van der Waals surface area contributed by atoms with Gasteiger partial charge in [-0.2, -0.15) is 5.26 Å². The molecule has 0 heterocycles. The van der Waals surface area contributed by atoms with Crippen LogP contribution in [-0.2, 0) is 16.0 Å². The first-order valence-corrected chi connectivity index (χ1v) is 9.45. The molecule has 29 heavy (non-hydrogen) atoms. The van der Waals surface area contributed by atoms with Crippen LogP contribution in [0.5, 0.6) is 11.5 Å². The molecule has 0 radical (unpaired) electrons. The van der Waals surface area contributed by atoms with E-state index < -0.39 is 0 Å². The summed E-state index contributed by atoms with van der Waals surface area (Å²) in [5, 5.41) is 12.0. The Morgan fingerprint density at radius 2 is 1.83 bits per heavy atom. The van der Waals surface area contributed by atoms with E-state index >= 15 is 0 Å². The molecule has 3 aromatic rings. The fourth-order valence-electron chi connectivity index (χ4n) is 3.50. The normalized spacial score (nSPS) is 10.4. The maximum atomic E-state index is 11.9. The van der Waals surface area contributed by atoms with Gasteiger partial charge in [0.05, 0.1) is 26.4 Å². The Balaban J connectivity index is 2.21. The number of benzene rings is 3. The van der Waals surface area contributed by atoms with Crippen LogP contribution in [0.2, 0.25) is 0 Å². The van der Waals surface area contributed by atoms with Crippen LogP contribution in [0.15, 0.2) is 48.5 Å². The zero-order valence-electron chi connectivity index (χ0n) is 16.8. The molecule has 5 nitrogen and oxygen atoms in total. The standard InChI is InChI=1S/C24H23NO4/c1-4-29-24(26)12-11-19-18-8-6-5-7-16(18)13-21(22(19)15-25)20-10-9-17(27-2)14-23(20)28-3/h5-10,13-14H,4,11-12H2,1-3H3. The van der Waals surface area contributed by atoms with E-state index in [4.69, 9.17) is 14.2 Å². The number of hydrogen-bond donors (Lipinski definition) is 0. The minimum atomic E-state index is -0.270. The van der Waals surface area contributed by atoms with Crippen LogP contribution in [0.1, 0.15) is 24.5 Å². The van der Waals surface area contributed by atoms with E-state index in [-0.39, 0.29) is 12.4 Å². The first kappa shape index (κ1) is 20.2. The number of carbonyl (C=O) groups is 1. The topological polar surface area (TPSA) is 68.6 Å². The third-order valence-corrected chi connectivity index (χ3v) is 4.85. The molecule has 0 unspecified atom stereocenters. The Labute approximate surface area is 170 Å². The minimum absolute atomic E-state index is 0.218. The SMILES string of the molecule is CCOC(=O)CCc1c(C#N)c(-c2ccc(OC)cc2OC)cc2ccccc12. The lowest BCUT2D eigenvalue weighted by Gasteiger charge is -2.16. The summed E-state index contributed by atoms with van der Waals surface area (Å²) in [5.41, 5.74) is 2.94. The van der Waals surface area contributed by atoms with Crippen molar-refractivity contribution in [3.8, 4) is 28.7 Å². The van der Waals surface area contributed by atoms with Crippen LogP contribution in [0, 0.1) is 11.3 Å². The lowest BCUT2D eigenvalue weighted by Crippen LogP contribution is -2.07. The van der Waals surface area contributed by atoms with Crippen molar-refractivity contribution in [1.29, 1.82) is 5.26 Å². The van der Waals surface area contributed by atoms with Gasteiger partial charge < -0.3 is 14.2 Å². The Kier molecular flexibility index (Phi) is 6.36. The van der Waals surface area contributed by atoms with Gasteiger partial charge in [0, 0.05) is 23.6 Å². The van der Waals surface area contributed by atoms with Crippen LogP contribution >= 0.6 is 0 Å². The Hall–Kier alpha value is -3.52. The number of methoxy groups -OCH3 is 2. The molecule has 3 rings (SSSR count). The zero-order chi connectivity index (χ0) is 20.8. The molecule has 5 heteroatoms. The van der Waals surface area contributed by atoms with Crippen molar-refractivity contribution in [2.24, 2.45) is 0 Å². The van der Waals surface area contributed by atoms with Crippen molar-refractivity contribution < 1.29 is 19.0 Å². The summed E-state index contributed by atoms with van der Waals surface area (Å²) < 4.78 is 15.9. The molecule has 0 saturated carbocycles. The second-order valence-corrected chi connectivity index (χ2v) is 6.48. The van der Waals surface area contributed by atoms with E-state index in [0.717, 1.165) is 27.5 Å². The monoisotopic (exact) mass is 389 g/mol. The average Bonchev–Trinajstić information content (AvgIpc) is 2.76. The van der Waals surface area contributed by atoms with E-state index in [2.05, 4.69) is 6.07 Å². The van der Waals surface area contributed by atoms with E-state index in [1.54, 1.807) is 27.2 Å². The summed E-state index contributed by atoms with van der Waals surface area (Å²) in [7, 11) is 3.19. The van der Waals surface area contributed by atoms with E-state index in [1.165, 1.54) is 0 Å². The molecular formula is C24H23NO4. The molecule has 0 N–H and O–H groups in total. The van der Waals surface area contributed by atoms with E-state index in [1.807, 2.05) is 42.5 Å². The third kappa shape index (κ3) is 4.17. The van der Waals surface area contributed by atoms with Crippen LogP contribution in [-0.4, -0.2) is 26.8 Å². The van der Waals surface area contributed by atoms with Gasteiger partial charge in [-0.3, -0.25) is 4.79 Å². The van der Waals surface area contributed by atoms with Crippen LogP contribution in [0.25, 0.3) is 21.9 Å². The molecule has 0 aliphatic rings.